The number of nitrogens with zero attached hydrogens (tertiary/aromatic N) is 1. The normalized spacial score (nSPS) is 10.9. The van der Waals surface area contributed by atoms with E-state index in [1.54, 1.807) is 6.20 Å². The Hall–Kier alpha value is -1.35. The predicted molar refractivity (Wildman–Crippen MR) is 51.4 cm³/mol. The van der Waals surface area contributed by atoms with E-state index in [0.717, 1.165) is 23.0 Å². The number of aliphatic hydroxyl groups excluding tert-OH is 1. The summed E-state index contributed by atoms with van der Waals surface area (Å²) in [4.78, 5) is 7.27. The first-order valence-electron chi connectivity index (χ1n) is 4.41. The number of aryl methyl sites for hydroxylation is 1. The first-order valence-corrected chi connectivity index (χ1v) is 4.41. The average molecular weight is 176 g/mol. The van der Waals surface area contributed by atoms with Crippen molar-refractivity contribution in [1.29, 1.82) is 0 Å². The summed E-state index contributed by atoms with van der Waals surface area (Å²) in [6.07, 6.45) is 4.64. The minimum Gasteiger partial charge on any atom is -0.392 e. The smallest absolute Gasteiger partial charge is 0.137 e. The Bertz CT molecular complexity index is 420. The van der Waals surface area contributed by atoms with E-state index in [9.17, 15) is 0 Å². The summed E-state index contributed by atoms with van der Waals surface area (Å²) in [5, 5.41) is 10.1. The minimum absolute atomic E-state index is 0.0643. The number of nitrogens with one attached hydrogen (secondary N) is 1. The molecule has 0 unspecified atom stereocenters. The van der Waals surface area contributed by atoms with Gasteiger partial charge < -0.3 is 10.1 Å². The maximum absolute atomic E-state index is 9.04. The zero-order valence-electron chi connectivity index (χ0n) is 7.54. The van der Waals surface area contributed by atoms with Crippen LogP contribution in [-0.4, -0.2) is 15.1 Å². The number of aromatic nitrogens is 2. The highest BCUT2D eigenvalue weighted by atomic mass is 16.3. The van der Waals surface area contributed by atoms with Crippen LogP contribution < -0.4 is 0 Å². The first kappa shape index (κ1) is 8.26. The molecule has 0 spiro atoms. The summed E-state index contributed by atoms with van der Waals surface area (Å²) < 4.78 is 0. The van der Waals surface area contributed by atoms with Crippen LogP contribution in [0.4, 0.5) is 0 Å². The van der Waals surface area contributed by atoms with Crippen molar-refractivity contribution in [2.45, 2.75) is 20.0 Å². The molecule has 3 nitrogen and oxygen atoms in total. The Balaban J connectivity index is 2.64. The zero-order chi connectivity index (χ0) is 9.26. The van der Waals surface area contributed by atoms with Crippen molar-refractivity contribution in [3.05, 3.63) is 29.6 Å². The van der Waals surface area contributed by atoms with E-state index in [1.165, 1.54) is 5.56 Å². The van der Waals surface area contributed by atoms with E-state index in [0.29, 0.717) is 0 Å². The molecular formula is C10H12N2O. The van der Waals surface area contributed by atoms with Crippen molar-refractivity contribution in [2.75, 3.05) is 0 Å². The lowest BCUT2D eigenvalue weighted by Crippen LogP contribution is -1.85. The molecule has 0 aromatic carbocycles. The van der Waals surface area contributed by atoms with Gasteiger partial charge in [0.15, 0.2) is 0 Å². The van der Waals surface area contributed by atoms with Gasteiger partial charge in [-0.15, -0.1) is 0 Å². The van der Waals surface area contributed by atoms with Crippen molar-refractivity contribution in [1.82, 2.24) is 9.97 Å². The third kappa shape index (κ3) is 1.31. The Kier molecular flexibility index (Phi) is 2.02. The van der Waals surface area contributed by atoms with E-state index in [1.807, 2.05) is 6.20 Å². The van der Waals surface area contributed by atoms with Gasteiger partial charge in [0.25, 0.3) is 0 Å². The lowest BCUT2D eigenvalue weighted by atomic mass is 10.1. The summed E-state index contributed by atoms with van der Waals surface area (Å²) in [5.74, 6) is 0. The fourth-order valence-corrected chi connectivity index (χ4v) is 1.43. The summed E-state index contributed by atoms with van der Waals surface area (Å²) in [6.45, 7) is 2.16. The molecule has 0 bridgehead atoms. The monoisotopic (exact) mass is 176 g/mol. The number of fused-ring (bicyclic) bond motifs is 1. The molecule has 3 heteroatoms. The summed E-state index contributed by atoms with van der Waals surface area (Å²) in [5.41, 5.74) is 2.96. The lowest BCUT2D eigenvalue weighted by Gasteiger charge is -1.96. The minimum atomic E-state index is 0.0643. The standard InChI is InChI=1S/C10H12N2O/c1-2-7-3-9-8(6-13)5-12-10(9)11-4-7/h3-5,13H,2,6H2,1H3,(H,11,12). The van der Waals surface area contributed by atoms with Gasteiger partial charge in [-0.1, -0.05) is 6.92 Å². The predicted octanol–water partition coefficient (Wildman–Crippen LogP) is 1.62. The molecule has 0 amide bonds. The number of hydrogen-bond donors (Lipinski definition) is 2. The van der Waals surface area contributed by atoms with Crippen molar-refractivity contribution in [2.24, 2.45) is 0 Å². The van der Waals surface area contributed by atoms with Gasteiger partial charge in [0.05, 0.1) is 6.61 Å². The second kappa shape index (κ2) is 3.18. The van der Waals surface area contributed by atoms with Gasteiger partial charge >= 0.3 is 0 Å². The SMILES string of the molecule is CCc1cnc2[nH]cc(CO)c2c1. The van der Waals surface area contributed by atoms with Crippen molar-refractivity contribution in [3.63, 3.8) is 0 Å². The second-order valence-electron chi connectivity index (χ2n) is 3.07. The quantitative estimate of drug-likeness (QED) is 0.730. The molecule has 0 fully saturated rings. The number of aromatic amines is 1. The molecule has 2 aromatic heterocycles. The highest BCUT2D eigenvalue weighted by Gasteiger charge is 2.03. The van der Waals surface area contributed by atoms with Gasteiger partial charge in [0, 0.05) is 23.3 Å². The van der Waals surface area contributed by atoms with Gasteiger partial charge in [-0.05, 0) is 18.1 Å². The number of pyridine rings is 1. The van der Waals surface area contributed by atoms with Crippen LogP contribution in [0.2, 0.25) is 0 Å². The fraction of sp³-hybridized carbons (Fsp3) is 0.300. The summed E-state index contributed by atoms with van der Waals surface area (Å²) >= 11 is 0. The Morgan fingerprint density at radius 3 is 3.08 bits per heavy atom. The van der Waals surface area contributed by atoms with Crippen molar-refractivity contribution < 1.29 is 5.11 Å². The van der Waals surface area contributed by atoms with Gasteiger partial charge in [0.1, 0.15) is 5.65 Å². The molecule has 2 rings (SSSR count). The molecule has 0 aliphatic carbocycles. The van der Waals surface area contributed by atoms with Gasteiger partial charge in [-0.2, -0.15) is 0 Å². The van der Waals surface area contributed by atoms with E-state index >= 15 is 0 Å². The van der Waals surface area contributed by atoms with Crippen LogP contribution in [0.25, 0.3) is 11.0 Å². The molecule has 0 radical (unpaired) electrons. The van der Waals surface area contributed by atoms with E-state index in [4.69, 9.17) is 5.11 Å². The Morgan fingerprint density at radius 2 is 2.38 bits per heavy atom. The van der Waals surface area contributed by atoms with Gasteiger partial charge in [-0.25, -0.2) is 4.98 Å². The van der Waals surface area contributed by atoms with E-state index in [2.05, 4.69) is 23.0 Å². The van der Waals surface area contributed by atoms with Crippen LogP contribution in [0.1, 0.15) is 18.1 Å². The van der Waals surface area contributed by atoms with Crippen molar-refractivity contribution >= 4 is 11.0 Å². The first-order chi connectivity index (χ1) is 6.35. The number of hydrogen-bond acceptors (Lipinski definition) is 2. The van der Waals surface area contributed by atoms with Crippen LogP contribution in [0, 0.1) is 0 Å². The molecule has 0 saturated heterocycles. The highest BCUT2D eigenvalue weighted by Crippen LogP contribution is 2.17. The maximum Gasteiger partial charge on any atom is 0.137 e. The van der Waals surface area contributed by atoms with E-state index < -0.39 is 0 Å². The van der Waals surface area contributed by atoms with Crippen LogP contribution in [-0.2, 0) is 13.0 Å². The van der Waals surface area contributed by atoms with Crippen LogP contribution in [0.5, 0.6) is 0 Å². The molecule has 0 saturated carbocycles. The number of H-pyrrole nitrogens is 1. The molecule has 2 aromatic rings. The Labute approximate surface area is 76.4 Å². The van der Waals surface area contributed by atoms with E-state index in [-0.39, 0.29) is 6.61 Å². The molecule has 0 atom stereocenters. The average Bonchev–Trinajstić information content (AvgIpc) is 2.59. The lowest BCUT2D eigenvalue weighted by molar-refractivity contribution is 0.283. The van der Waals surface area contributed by atoms with Crippen LogP contribution >= 0.6 is 0 Å². The summed E-state index contributed by atoms with van der Waals surface area (Å²) in [6, 6.07) is 2.07. The molecule has 2 heterocycles. The Morgan fingerprint density at radius 1 is 1.54 bits per heavy atom. The maximum atomic E-state index is 9.04. The van der Waals surface area contributed by atoms with Gasteiger partial charge in [-0.3, -0.25) is 0 Å². The van der Waals surface area contributed by atoms with Gasteiger partial charge in [0.2, 0.25) is 0 Å². The largest absolute Gasteiger partial charge is 0.392 e. The third-order valence-corrected chi connectivity index (χ3v) is 2.25. The van der Waals surface area contributed by atoms with Crippen molar-refractivity contribution in [3.8, 4) is 0 Å². The molecule has 0 aliphatic rings. The topological polar surface area (TPSA) is 48.9 Å². The fourth-order valence-electron chi connectivity index (χ4n) is 1.43. The molecule has 68 valence electrons. The second-order valence-corrected chi connectivity index (χ2v) is 3.07. The zero-order valence-corrected chi connectivity index (χ0v) is 7.54. The van der Waals surface area contributed by atoms with Crippen LogP contribution in [0.15, 0.2) is 18.5 Å². The highest BCUT2D eigenvalue weighted by molar-refractivity contribution is 5.80. The molecule has 2 N–H and O–H groups in total. The third-order valence-electron chi connectivity index (χ3n) is 2.25. The molecular weight excluding hydrogens is 164 g/mol. The van der Waals surface area contributed by atoms with Crippen LogP contribution in [0.3, 0.4) is 0 Å². The number of rotatable bonds is 2. The summed E-state index contributed by atoms with van der Waals surface area (Å²) in [7, 11) is 0. The molecule has 13 heavy (non-hydrogen) atoms. The molecule has 0 aliphatic heterocycles. The number of aliphatic hydroxyl groups is 1.